The van der Waals surface area contributed by atoms with E-state index in [1.165, 1.54) is 0 Å². The maximum absolute atomic E-state index is 14.0. The SMILES string of the molecule is CC(C)O.CCCCc1nc2cnccc2n1-c1ccc(C2=C(C(=O)OCC)C(c3ccccc3Cl)C(C(=O)Nc3ccccn3)=C(C)N2)cc1. The minimum Gasteiger partial charge on any atom is -0.463 e. The third-order valence-corrected chi connectivity index (χ3v) is 8.46. The van der Waals surface area contributed by atoms with Gasteiger partial charge in [0.05, 0.1) is 35.5 Å². The zero-order valence-corrected chi connectivity index (χ0v) is 30.2. The van der Waals surface area contributed by atoms with Gasteiger partial charge >= 0.3 is 5.97 Å². The lowest BCUT2D eigenvalue weighted by Gasteiger charge is -2.32. The Hall–Kier alpha value is -5.32. The summed E-state index contributed by atoms with van der Waals surface area (Å²) in [6.45, 7) is 9.34. The summed E-state index contributed by atoms with van der Waals surface area (Å²) in [5.74, 6) is -0.426. The van der Waals surface area contributed by atoms with E-state index in [-0.39, 0.29) is 18.3 Å². The number of amides is 1. The Bertz CT molecular complexity index is 2050. The van der Waals surface area contributed by atoms with Crippen LogP contribution in [0.1, 0.15) is 70.3 Å². The van der Waals surface area contributed by atoms with E-state index in [4.69, 9.17) is 26.4 Å². The van der Waals surface area contributed by atoms with Crippen LogP contribution in [-0.2, 0) is 20.7 Å². The van der Waals surface area contributed by atoms with Gasteiger partial charge in [-0.2, -0.15) is 0 Å². The number of nitrogens with one attached hydrogen (secondary N) is 2. The number of unbranched alkanes of at least 4 members (excludes halogenated alkanes) is 1. The van der Waals surface area contributed by atoms with Crippen LogP contribution in [0.5, 0.6) is 0 Å². The van der Waals surface area contributed by atoms with Crippen LogP contribution in [0.25, 0.3) is 22.4 Å². The number of hydrogen-bond donors (Lipinski definition) is 3. The van der Waals surface area contributed by atoms with Crippen molar-refractivity contribution in [1.82, 2.24) is 24.8 Å². The Balaban J connectivity index is 0.00000120. The van der Waals surface area contributed by atoms with E-state index in [0.717, 1.165) is 47.4 Å². The first-order valence-corrected chi connectivity index (χ1v) is 17.5. The van der Waals surface area contributed by atoms with Crippen LogP contribution in [0.4, 0.5) is 5.82 Å². The summed E-state index contributed by atoms with van der Waals surface area (Å²) < 4.78 is 7.78. The highest BCUT2D eigenvalue weighted by molar-refractivity contribution is 6.31. The summed E-state index contributed by atoms with van der Waals surface area (Å²) in [5.41, 5.74) is 5.84. The maximum Gasteiger partial charge on any atom is 0.337 e. The number of carbonyl (C=O) groups is 2. The molecule has 4 heterocycles. The minimum absolute atomic E-state index is 0.158. The molecule has 264 valence electrons. The third-order valence-electron chi connectivity index (χ3n) is 8.12. The van der Waals surface area contributed by atoms with Crippen molar-refractivity contribution in [3.8, 4) is 5.69 Å². The first-order chi connectivity index (χ1) is 24.6. The first kappa shape index (κ1) is 36.9. The Labute approximate surface area is 303 Å². The van der Waals surface area contributed by atoms with Gasteiger partial charge in [0, 0.05) is 46.9 Å². The Morgan fingerprint density at radius 1 is 1.00 bits per heavy atom. The van der Waals surface area contributed by atoms with Crippen molar-refractivity contribution in [2.24, 2.45) is 0 Å². The molecule has 11 heteroatoms. The molecule has 0 saturated heterocycles. The molecule has 0 spiro atoms. The average molecular weight is 707 g/mol. The number of aryl methyl sites for hydroxylation is 1. The molecule has 0 fully saturated rings. The van der Waals surface area contributed by atoms with Crippen molar-refractivity contribution < 1.29 is 19.4 Å². The minimum atomic E-state index is -0.826. The number of ether oxygens (including phenoxy) is 1. The zero-order chi connectivity index (χ0) is 36.5. The van der Waals surface area contributed by atoms with Crippen LogP contribution in [0.2, 0.25) is 5.02 Å². The van der Waals surface area contributed by atoms with Gasteiger partial charge in [0.25, 0.3) is 5.91 Å². The number of esters is 1. The number of hydrogen-bond acceptors (Lipinski definition) is 8. The summed E-state index contributed by atoms with van der Waals surface area (Å²) in [6.07, 6.45) is 7.89. The van der Waals surface area contributed by atoms with Gasteiger partial charge in [-0.3, -0.25) is 14.3 Å². The molecule has 1 aliphatic rings. The lowest BCUT2D eigenvalue weighted by molar-refractivity contribution is -0.138. The molecule has 1 atom stereocenters. The van der Waals surface area contributed by atoms with Gasteiger partial charge in [-0.1, -0.05) is 61.3 Å². The number of dihydropyridines is 1. The Kier molecular flexibility index (Phi) is 12.4. The summed E-state index contributed by atoms with van der Waals surface area (Å²) in [6, 6.07) is 22.4. The number of fused-ring (bicyclic) bond motifs is 1. The molecule has 1 unspecified atom stereocenters. The zero-order valence-electron chi connectivity index (χ0n) is 29.5. The van der Waals surface area contributed by atoms with Crippen LogP contribution >= 0.6 is 11.6 Å². The highest BCUT2D eigenvalue weighted by Crippen LogP contribution is 2.44. The number of imidazole rings is 1. The Morgan fingerprint density at radius 2 is 1.73 bits per heavy atom. The summed E-state index contributed by atoms with van der Waals surface area (Å²) in [5, 5.41) is 14.8. The number of aliphatic hydroxyl groups is 1. The number of halogens is 1. The first-order valence-electron chi connectivity index (χ1n) is 17.1. The molecular weight excluding hydrogens is 664 g/mol. The molecule has 1 aliphatic heterocycles. The molecule has 0 saturated carbocycles. The Morgan fingerprint density at radius 3 is 2.39 bits per heavy atom. The topological polar surface area (TPSA) is 131 Å². The molecule has 2 aromatic carbocycles. The second-order valence-electron chi connectivity index (χ2n) is 12.3. The number of anilines is 1. The van der Waals surface area contributed by atoms with Crippen molar-refractivity contribution >= 4 is 46.0 Å². The fraction of sp³-hybridized carbons (Fsp3) is 0.275. The molecule has 1 amide bonds. The van der Waals surface area contributed by atoms with Gasteiger partial charge in [0.15, 0.2) is 0 Å². The lowest BCUT2D eigenvalue weighted by Crippen LogP contribution is -2.34. The number of benzene rings is 2. The molecule has 10 nitrogen and oxygen atoms in total. The lowest BCUT2D eigenvalue weighted by atomic mass is 9.78. The molecule has 0 radical (unpaired) electrons. The molecular formula is C40H43ClN6O4. The van der Waals surface area contributed by atoms with E-state index < -0.39 is 17.8 Å². The molecule has 3 N–H and O–H groups in total. The van der Waals surface area contributed by atoms with Gasteiger partial charge in [-0.05, 0) is 81.6 Å². The monoisotopic (exact) mass is 706 g/mol. The van der Waals surface area contributed by atoms with Crippen LogP contribution in [0.15, 0.2) is 108 Å². The molecule has 0 bridgehead atoms. The summed E-state index contributed by atoms with van der Waals surface area (Å²) in [7, 11) is 0. The number of nitrogens with zero attached hydrogens (tertiary/aromatic N) is 4. The predicted molar refractivity (Wildman–Crippen MR) is 201 cm³/mol. The number of pyridine rings is 2. The highest BCUT2D eigenvalue weighted by Gasteiger charge is 2.39. The van der Waals surface area contributed by atoms with Crippen molar-refractivity contribution in [2.75, 3.05) is 11.9 Å². The fourth-order valence-electron chi connectivity index (χ4n) is 5.98. The van der Waals surface area contributed by atoms with E-state index in [1.54, 1.807) is 63.6 Å². The van der Waals surface area contributed by atoms with E-state index in [0.29, 0.717) is 33.4 Å². The number of aliphatic hydroxyl groups excluding tert-OH is 1. The summed E-state index contributed by atoms with van der Waals surface area (Å²) in [4.78, 5) is 41.2. The molecule has 0 aliphatic carbocycles. The van der Waals surface area contributed by atoms with Gasteiger partial charge in [-0.15, -0.1) is 0 Å². The number of aromatic nitrogens is 4. The van der Waals surface area contributed by atoms with Crippen molar-refractivity contribution in [1.29, 1.82) is 0 Å². The predicted octanol–water partition coefficient (Wildman–Crippen LogP) is 7.77. The van der Waals surface area contributed by atoms with Gasteiger partial charge in [0.2, 0.25) is 0 Å². The van der Waals surface area contributed by atoms with Crippen LogP contribution < -0.4 is 10.6 Å². The van der Waals surface area contributed by atoms with Crippen molar-refractivity contribution in [3.63, 3.8) is 0 Å². The quantitative estimate of drug-likeness (QED) is 0.126. The van der Waals surface area contributed by atoms with E-state index in [9.17, 15) is 9.59 Å². The fourth-order valence-corrected chi connectivity index (χ4v) is 6.22. The van der Waals surface area contributed by atoms with Gasteiger partial charge < -0.3 is 20.5 Å². The van der Waals surface area contributed by atoms with Crippen LogP contribution in [0.3, 0.4) is 0 Å². The number of carbonyl (C=O) groups excluding carboxylic acids is 2. The third kappa shape index (κ3) is 8.53. The van der Waals surface area contributed by atoms with Gasteiger partial charge in [-0.25, -0.2) is 14.8 Å². The second-order valence-corrected chi connectivity index (χ2v) is 12.7. The second kappa shape index (κ2) is 17.1. The molecule has 51 heavy (non-hydrogen) atoms. The standard InChI is InChI=1S/C37H35ClN6O3.C3H8O/c1-4-6-14-31-42-28-22-39-21-19-29(28)44(31)25-17-15-24(16-18-25)35-34(37(46)47-5-2)33(26-11-7-8-12-27(26)38)32(23(3)41-35)36(45)43-30-13-9-10-20-40-30;1-3(2)4/h7-13,15-22,33,41H,4-6,14H2,1-3H3,(H,40,43,45);3-4H,1-2H3. The molecule has 6 rings (SSSR count). The van der Waals surface area contributed by atoms with Crippen molar-refractivity contribution in [2.45, 2.75) is 65.9 Å². The molecule has 5 aromatic rings. The average Bonchev–Trinajstić information content (AvgIpc) is 3.49. The van der Waals surface area contributed by atoms with Gasteiger partial charge in [0.1, 0.15) is 17.2 Å². The summed E-state index contributed by atoms with van der Waals surface area (Å²) >= 11 is 6.78. The van der Waals surface area contributed by atoms with Crippen LogP contribution in [0, 0.1) is 0 Å². The van der Waals surface area contributed by atoms with E-state index in [1.807, 2.05) is 55.5 Å². The molecule has 3 aromatic heterocycles. The largest absolute Gasteiger partial charge is 0.463 e. The maximum atomic E-state index is 14.0. The smallest absolute Gasteiger partial charge is 0.337 e. The highest BCUT2D eigenvalue weighted by atomic mass is 35.5. The van der Waals surface area contributed by atoms with E-state index >= 15 is 0 Å². The van der Waals surface area contributed by atoms with E-state index in [2.05, 4.69) is 32.1 Å². The normalized spacial score (nSPS) is 14.2. The van der Waals surface area contributed by atoms with Crippen molar-refractivity contribution in [3.05, 3.63) is 130 Å². The number of rotatable bonds is 10. The van der Waals surface area contributed by atoms with Crippen LogP contribution in [-0.4, -0.2) is 49.2 Å². The number of allylic oxidation sites excluding steroid dienone is 1.